The molecule has 1 N–H and O–H groups in total. The van der Waals surface area contributed by atoms with E-state index >= 15 is 0 Å². The van der Waals surface area contributed by atoms with Crippen molar-refractivity contribution in [2.75, 3.05) is 26.7 Å². The third kappa shape index (κ3) is 5.52. The van der Waals surface area contributed by atoms with Crippen molar-refractivity contribution >= 4 is 15.9 Å². The van der Waals surface area contributed by atoms with Gasteiger partial charge in [-0.2, -0.15) is 8.78 Å². The SMILES string of the molecule is CN1CCC(CNCc2cc(Br)ccc2OC(F)F)CC1. The van der Waals surface area contributed by atoms with E-state index in [-0.39, 0.29) is 5.75 Å². The first kappa shape index (κ1) is 16.6. The summed E-state index contributed by atoms with van der Waals surface area (Å²) in [5.74, 6) is 0.900. The monoisotopic (exact) mass is 362 g/mol. The average molecular weight is 363 g/mol. The number of benzene rings is 1. The Morgan fingerprint density at radius 1 is 1.38 bits per heavy atom. The number of rotatable bonds is 6. The highest BCUT2D eigenvalue weighted by atomic mass is 79.9. The lowest BCUT2D eigenvalue weighted by molar-refractivity contribution is -0.0505. The standard InChI is InChI=1S/C15H21BrF2N2O/c1-20-6-4-11(5-7-20)9-19-10-12-8-13(16)2-3-14(12)21-15(17)18/h2-3,8,11,15,19H,4-7,9-10H2,1H3. The van der Waals surface area contributed by atoms with Crippen LogP contribution in [-0.4, -0.2) is 38.2 Å². The van der Waals surface area contributed by atoms with Gasteiger partial charge in [-0.25, -0.2) is 0 Å². The fourth-order valence-electron chi connectivity index (χ4n) is 2.57. The summed E-state index contributed by atoms with van der Waals surface area (Å²) in [5.41, 5.74) is 0.748. The van der Waals surface area contributed by atoms with Gasteiger partial charge in [-0.15, -0.1) is 0 Å². The first-order valence-corrected chi connectivity index (χ1v) is 7.96. The minimum atomic E-state index is -2.79. The van der Waals surface area contributed by atoms with E-state index < -0.39 is 6.61 Å². The molecule has 6 heteroatoms. The summed E-state index contributed by atoms with van der Waals surface area (Å²) in [6.45, 7) is 0.910. The molecule has 1 fully saturated rings. The minimum absolute atomic E-state index is 0.240. The number of alkyl halides is 2. The van der Waals surface area contributed by atoms with Crippen LogP contribution in [0.15, 0.2) is 22.7 Å². The van der Waals surface area contributed by atoms with Gasteiger partial charge in [0.2, 0.25) is 0 Å². The zero-order valence-corrected chi connectivity index (χ0v) is 13.7. The van der Waals surface area contributed by atoms with E-state index in [0.29, 0.717) is 12.5 Å². The Morgan fingerprint density at radius 3 is 2.76 bits per heavy atom. The Morgan fingerprint density at radius 2 is 2.10 bits per heavy atom. The highest BCUT2D eigenvalue weighted by Gasteiger charge is 2.16. The first-order valence-electron chi connectivity index (χ1n) is 7.17. The Hall–Kier alpha value is -0.720. The predicted octanol–water partition coefficient (Wildman–Crippen LogP) is 3.48. The summed E-state index contributed by atoms with van der Waals surface area (Å²) in [6, 6.07) is 5.10. The Labute approximate surface area is 132 Å². The van der Waals surface area contributed by atoms with Gasteiger partial charge in [0.15, 0.2) is 0 Å². The van der Waals surface area contributed by atoms with E-state index in [1.54, 1.807) is 12.1 Å². The van der Waals surface area contributed by atoms with E-state index in [4.69, 9.17) is 0 Å². The average Bonchev–Trinajstić information content (AvgIpc) is 2.43. The van der Waals surface area contributed by atoms with Gasteiger partial charge in [-0.1, -0.05) is 15.9 Å². The number of ether oxygens (including phenoxy) is 1. The normalized spacial score (nSPS) is 17.4. The maximum absolute atomic E-state index is 12.4. The highest BCUT2D eigenvalue weighted by Crippen LogP contribution is 2.25. The molecule has 2 rings (SSSR count). The van der Waals surface area contributed by atoms with Crippen LogP contribution in [0.2, 0.25) is 0 Å². The molecular weight excluding hydrogens is 342 g/mol. The molecule has 0 unspecified atom stereocenters. The molecule has 118 valence electrons. The summed E-state index contributed by atoms with van der Waals surface area (Å²) in [5, 5.41) is 3.36. The summed E-state index contributed by atoms with van der Waals surface area (Å²) >= 11 is 3.36. The van der Waals surface area contributed by atoms with Crippen molar-refractivity contribution in [3.8, 4) is 5.75 Å². The lowest BCUT2D eigenvalue weighted by atomic mass is 9.97. The van der Waals surface area contributed by atoms with Crippen LogP contribution in [0.4, 0.5) is 8.78 Å². The number of halogens is 3. The third-order valence-electron chi connectivity index (χ3n) is 3.83. The van der Waals surface area contributed by atoms with Gasteiger partial charge in [0.1, 0.15) is 5.75 Å². The van der Waals surface area contributed by atoms with Crippen LogP contribution < -0.4 is 10.1 Å². The van der Waals surface area contributed by atoms with Crippen molar-refractivity contribution < 1.29 is 13.5 Å². The van der Waals surface area contributed by atoms with Gasteiger partial charge in [0, 0.05) is 16.6 Å². The van der Waals surface area contributed by atoms with Crippen LogP contribution in [0.25, 0.3) is 0 Å². The Kier molecular flexibility index (Phi) is 6.39. The first-order chi connectivity index (χ1) is 10.0. The molecule has 3 nitrogen and oxygen atoms in total. The number of nitrogens with one attached hydrogen (secondary N) is 1. The molecule has 1 aromatic rings. The summed E-state index contributed by atoms with van der Waals surface area (Å²) in [4.78, 5) is 2.33. The maximum atomic E-state index is 12.4. The highest BCUT2D eigenvalue weighted by molar-refractivity contribution is 9.10. The van der Waals surface area contributed by atoms with Crippen LogP contribution >= 0.6 is 15.9 Å². The molecule has 0 spiro atoms. The van der Waals surface area contributed by atoms with E-state index in [2.05, 4.69) is 37.9 Å². The number of nitrogens with zero attached hydrogens (tertiary/aromatic N) is 1. The van der Waals surface area contributed by atoms with Crippen molar-refractivity contribution in [2.24, 2.45) is 5.92 Å². The van der Waals surface area contributed by atoms with E-state index in [9.17, 15) is 8.78 Å². The molecule has 1 aliphatic rings. The molecular formula is C15H21BrF2N2O. The van der Waals surface area contributed by atoms with Crippen LogP contribution in [-0.2, 0) is 6.54 Å². The van der Waals surface area contributed by atoms with Crippen molar-refractivity contribution in [3.63, 3.8) is 0 Å². The molecule has 0 amide bonds. The quantitative estimate of drug-likeness (QED) is 0.838. The van der Waals surface area contributed by atoms with Gasteiger partial charge in [0.05, 0.1) is 0 Å². The second-order valence-corrected chi connectivity index (χ2v) is 6.42. The van der Waals surface area contributed by atoms with E-state index in [1.165, 1.54) is 12.8 Å². The van der Waals surface area contributed by atoms with Crippen molar-refractivity contribution in [3.05, 3.63) is 28.2 Å². The molecule has 0 bridgehead atoms. The molecule has 21 heavy (non-hydrogen) atoms. The Balaban J connectivity index is 1.85. The van der Waals surface area contributed by atoms with Gasteiger partial charge < -0.3 is 15.0 Å². The fourth-order valence-corrected chi connectivity index (χ4v) is 2.98. The van der Waals surface area contributed by atoms with Crippen LogP contribution in [0.1, 0.15) is 18.4 Å². The molecule has 1 saturated heterocycles. The number of piperidine rings is 1. The molecule has 0 aromatic heterocycles. The van der Waals surface area contributed by atoms with Gasteiger partial charge in [-0.05, 0) is 63.6 Å². The Bertz CT molecular complexity index is 451. The molecule has 1 heterocycles. The fraction of sp³-hybridized carbons (Fsp3) is 0.600. The van der Waals surface area contributed by atoms with Gasteiger partial charge >= 0.3 is 6.61 Å². The topological polar surface area (TPSA) is 24.5 Å². The number of hydrogen-bond donors (Lipinski definition) is 1. The molecule has 1 aromatic carbocycles. The lowest BCUT2D eigenvalue weighted by Crippen LogP contribution is -2.34. The second kappa shape index (κ2) is 8.06. The number of likely N-dealkylation sites (tertiary alicyclic amines) is 1. The van der Waals surface area contributed by atoms with Crippen LogP contribution in [0, 0.1) is 5.92 Å². The van der Waals surface area contributed by atoms with Crippen LogP contribution in [0.3, 0.4) is 0 Å². The smallest absolute Gasteiger partial charge is 0.387 e. The zero-order chi connectivity index (χ0) is 15.2. The van der Waals surface area contributed by atoms with Crippen LogP contribution in [0.5, 0.6) is 5.75 Å². The molecule has 1 aliphatic heterocycles. The van der Waals surface area contributed by atoms with Crippen molar-refractivity contribution in [1.82, 2.24) is 10.2 Å². The van der Waals surface area contributed by atoms with Crippen molar-refractivity contribution in [1.29, 1.82) is 0 Å². The maximum Gasteiger partial charge on any atom is 0.387 e. The van der Waals surface area contributed by atoms with Crippen molar-refractivity contribution in [2.45, 2.75) is 26.0 Å². The van der Waals surface area contributed by atoms with E-state index in [0.717, 1.165) is 29.7 Å². The molecule has 0 saturated carbocycles. The lowest BCUT2D eigenvalue weighted by Gasteiger charge is -2.29. The second-order valence-electron chi connectivity index (χ2n) is 5.51. The predicted molar refractivity (Wildman–Crippen MR) is 82.7 cm³/mol. The zero-order valence-electron chi connectivity index (χ0n) is 12.1. The van der Waals surface area contributed by atoms with Gasteiger partial charge in [-0.3, -0.25) is 0 Å². The molecule has 0 aliphatic carbocycles. The largest absolute Gasteiger partial charge is 0.434 e. The minimum Gasteiger partial charge on any atom is -0.434 e. The summed E-state index contributed by atoms with van der Waals surface area (Å²) in [6.07, 6.45) is 2.37. The molecule has 0 atom stereocenters. The van der Waals surface area contributed by atoms with Gasteiger partial charge in [0.25, 0.3) is 0 Å². The number of hydrogen-bond acceptors (Lipinski definition) is 3. The van der Waals surface area contributed by atoms with E-state index in [1.807, 2.05) is 6.07 Å². The summed E-state index contributed by atoms with van der Waals surface area (Å²) in [7, 11) is 2.14. The molecule has 0 radical (unpaired) electrons. The summed E-state index contributed by atoms with van der Waals surface area (Å²) < 4.78 is 30.2. The third-order valence-corrected chi connectivity index (χ3v) is 4.32.